The number of aromatic nitrogens is 1. The van der Waals surface area contributed by atoms with Crippen molar-refractivity contribution >= 4 is 0 Å². The highest BCUT2D eigenvalue weighted by Crippen LogP contribution is 2.65. The highest BCUT2D eigenvalue weighted by atomic mass is 14.6. The van der Waals surface area contributed by atoms with Crippen molar-refractivity contribution < 1.29 is 0 Å². The SMILES string of the molecule is CC(c1cccnc1)C1CCC2C1CCC1C3CCCCC3=CCC12C. The molecule has 0 bridgehead atoms. The molecule has 0 amide bonds. The lowest BCUT2D eigenvalue weighted by Gasteiger charge is -2.56. The standard InChI is InChI=1S/C25H35N/c1-17(19-7-5-15-26-16-19)20-9-11-24-22(20)10-12-23-21-8-4-3-6-18(21)13-14-25(23,24)2/h5,7,13,15-17,20-24H,3-4,6,8-12,14H2,1-2H3. The van der Waals surface area contributed by atoms with Crippen LogP contribution in [0.2, 0.25) is 0 Å². The minimum Gasteiger partial charge on any atom is -0.264 e. The molecule has 1 aromatic rings. The molecule has 0 radical (unpaired) electrons. The Labute approximate surface area is 159 Å². The number of nitrogens with zero attached hydrogens (tertiary/aromatic N) is 1. The van der Waals surface area contributed by atoms with Crippen LogP contribution in [0.3, 0.4) is 0 Å². The first-order valence-corrected chi connectivity index (χ1v) is 11.3. The lowest BCUT2D eigenvalue weighted by Crippen LogP contribution is -2.48. The Bertz CT molecular complexity index is 677. The van der Waals surface area contributed by atoms with Gasteiger partial charge < -0.3 is 0 Å². The van der Waals surface area contributed by atoms with Crippen LogP contribution in [-0.4, -0.2) is 4.98 Å². The molecule has 3 saturated carbocycles. The molecule has 5 rings (SSSR count). The molecular weight excluding hydrogens is 314 g/mol. The average Bonchev–Trinajstić information content (AvgIpc) is 3.13. The Kier molecular flexibility index (Phi) is 4.25. The van der Waals surface area contributed by atoms with Crippen molar-refractivity contribution in [3.63, 3.8) is 0 Å². The summed E-state index contributed by atoms with van der Waals surface area (Å²) >= 11 is 0. The van der Waals surface area contributed by atoms with Gasteiger partial charge in [0.1, 0.15) is 0 Å². The van der Waals surface area contributed by atoms with Gasteiger partial charge in [-0.3, -0.25) is 4.98 Å². The molecule has 4 aliphatic carbocycles. The number of allylic oxidation sites excluding steroid dienone is 2. The summed E-state index contributed by atoms with van der Waals surface area (Å²) in [5.74, 6) is 5.38. The summed E-state index contributed by atoms with van der Waals surface area (Å²) in [7, 11) is 0. The van der Waals surface area contributed by atoms with Crippen molar-refractivity contribution in [3.05, 3.63) is 41.7 Å². The number of hydrogen-bond donors (Lipinski definition) is 0. The van der Waals surface area contributed by atoms with Crippen molar-refractivity contribution in [3.8, 4) is 0 Å². The third-order valence-corrected chi connectivity index (χ3v) is 9.23. The minimum absolute atomic E-state index is 0.581. The third kappa shape index (κ3) is 2.53. The molecule has 0 saturated heterocycles. The van der Waals surface area contributed by atoms with Crippen molar-refractivity contribution in [1.29, 1.82) is 0 Å². The zero-order valence-electron chi connectivity index (χ0n) is 16.7. The van der Waals surface area contributed by atoms with Gasteiger partial charge in [0, 0.05) is 12.4 Å². The molecule has 1 heteroatoms. The second-order valence-electron chi connectivity index (χ2n) is 10.1. The monoisotopic (exact) mass is 349 g/mol. The lowest BCUT2D eigenvalue weighted by molar-refractivity contribution is -0.0331. The van der Waals surface area contributed by atoms with E-state index in [1.807, 2.05) is 11.8 Å². The summed E-state index contributed by atoms with van der Waals surface area (Å²) in [6.45, 7) is 5.16. The van der Waals surface area contributed by atoms with Crippen molar-refractivity contribution in [2.24, 2.45) is 35.0 Å². The molecule has 0 N–H and O–H groups in total. The molecule has 7 atom stereocenters. The maximum Gasteiger partial charge on any atom is 0.0302 e. The van der Waals surface area contributed by atoms with Crippen molar-refractivity contribution in [2.45, 2.75) is 77.6 Å². The molecule has 140 valence electrons. The van der Waals surface area contributed by atoms with Crippen LogP contribution in [-0.2, 0) is 0 Å². The Morgan fingerprint density at radius 3 is 2.81 bits per heavy atom. The number of pyridine rings is 1. The van der Waals surface area contributed by atoms with Crippen LogP contribution in [0.5, 0.6) is 0 Å². The Morgan fingerprint density at radius 1 is 1.08 bits per heavy atom. The van der Waals surface area contributed by atoms with Gasteiger partial charge in [0.15, 0.2) is 0 Å². The fraction of sp³-hybridized carbons (Fsp3) is 0.720. The van der Waals surface area contributed by atoms with E-state index in [2.05, 4.69) is 43.2 Å². The third-order valence-electron chi connectivity index (χ3n) is 9.23. The van der Waals surface area contributed by atoms with Gasteiger partial charge in [-0.15, -0.1) is 0 Å². The van der Waals surface area contributed by atoms with E-state index in [1.165, 1.54) is 63.4 Å². The second-order valence-corrected chi connectivity index (χ2v) is 10.1. The number of rotatable bonds is 2. The van der Waals surface area contributed by atoms with Gasteiger partial charge in [-0.05, 0) is 104 Å². The van der Waals surface area contributed by atoms with E-state index in [9.17, 15) is 0 Å². The highest BCUT2D eigenvalue weighted by molar-refractivity contribution is 5.22. The molecule has 7 unspecified atom stereocenters. The van der Waals surface area contributed by atoms with Gasteiger partial charge in [0.25, 0.3) is 0 Å². The second kappa shape index (κ2) is 6.50. The van der Waals surface area contributed by atoms with Gasteiger partial charge in [0.05, 0.1) is 0 Å². The molecule has 1 aromatic heterocycles. The van der Waals surface area contributed by atoms with Gasteiger partial charge in [-0.25, -0.2) is 0 Å². The van der Waals surface area contributed by atoms with Crippen molar-refractivity contribution in [2.75, 3.05) is 0 Å². The molecule has 1 nitrogen and oxygen atoms in total. The first-order chi connectivity index (χ1) is 12.7. The quantitative estimate of drug-likeness (QED) is 0.537. The zero-order valence-corrected chi connectivity index (χ0v) is 16.7. The maximum absolute atomic E-state index is 4.40. The minimum atomic E-state index is 0.581. The van der Waals surface area contributed by atoms with Crippen molar-refractivity contribution in [1.82, 2.24) is 4.98 Å². The van der Waals surface area contributed by atoms with E-state index in [0.717, 1.165) is 29.6 Å². The molecular formula is C25H35N. The van der Waals surface area contributed by atoms with Crippen LogP contribution in [0.1, 0.15) is 83.1 Å². The summed E-state index contributed by atoms with van der Waals surface area (Å²) in [5, 5.41) is 0. The van der Waals surface area contributed by atoms with Crippen LogP contribution >= 0.6 is 0 Å². The number of fused-ring (bicyclic) bond motifs is 5. The predicted octanol–water partition coefficient (Wildman–Crippen LogP) is 6.76. The van der Waals surface area contributed by atoms with E-state index in [4.69, 9.17) is 0 Å². The van der Waals surface area contributed by atoms with E-state index >= 15 is 0 Å². The Balaban J connectivity index is 1.41. The summed E-state index contributed by atoms with van der Waals surface area (Å²) in [4.78, 5) is 4.40. The molecule has 0 spiro atoms. The van der Waals surface area contributed by atoms with Gasteiger partial charge in [0.2, 0.25) is 0 Å². The normalized spacial score (nSPS) is 43.0. The Morgan fingerprint density at radius 2 is 1.96 bits per heavy atom. The van der Waals surface area contributed by atoms with Crippen LogP contribution in [0.15, 0.2) is 36.2 Å². The topological polar surface area (TPSA) is 12.9 Å². The fourth-order valence-electron chi connectivity index (χ4n) is 7.91. The zero-order chi connectivity index (χ0) is 17.7. The van der Waals surface area contributed by atoms with Crippen LogP contribution in [0.25, 0.3) is 0 Å². The number of hydrogen-bond acceptors (Lipinski definition) is 1. The van der Waals surface area contributed by atoms with E-state index in [0.29, 0.717) is 11.3 Å². The summed E-state index contributed by atoms with van der Waals surface area (Å²) in [6.07, 6.45) is 19.8. The smallest absolute Gasteiger partial charge is 0.0302 e. The molecule has 4 aliphatic rings. The molecule has 26 heavy (non-hydrogen) atoms. The largest absolute Gasteiger partial charge is 0.264 e. The summed E-state index contributed by atoms with van der Waals surface area (Å²) in [6, 6.07) is 4.42. The van der Waals surface area contributed by atoms with E-state index in [1.54, 1.807) is 0 Å². The molecule has 0 aliphatic heterocycles. The first-order valence-electron chi connectivity index (χ1n) is 11.3. The van der Waals surface area contributed by atoms with E-state index in [-0.39, 0.29) is 0 Å². The lowest BCUT2D eigenvalue weighted by atomic mass is 9.49. The van der Waals surface area contributed by atoms with E-state index < -0.39 is 0 Å². The fourth-order valence-corrected chi connectivity index (χ4v) is 7.91. The van der Waals surface area contributed by atoms with Crippen LogP contribution in [0, 0.1) is 35.0 Å². The van der Waals surface area contributed by atoms with Gasteiger partial charge in [-0.1, -0.05) is 38.0 Å². The van der Waals surface area contributed by atoms with Crippen LogP contribution < -0.4 is 0 Å². The van der Waals surface area contributed by atoms with Crippen LogP contribution in [0.4, 0.5) is 0 Å². The molecule has 3 fully saturated rings. The average molecular weight is 350 g/mol. The summed E-state index contributed by atoms with van der Waals surface area (Å²) < 4.78 is 0. The maximum atomic E-state index is 4.40. The molecule has 0 aromatic carbocycles. The summed E-state index contributed by atoms with van der Waals surface area (Å²) in [5.41, 5.74) is 3.90. The molecule has 1 heterocycles. The predicted molar refractivity (Wildman–Crippen MR) is 108 cm³/mol. The van der Waals surface area contributed by atoms with Gasteiger partial charge >= 0.3 is 0 Å². The Hall–Kier alpha value is -1.11. The highest BCUT2D eigenvalue weighted by Gasteiger charge is 2.56. The first kappa shape index (κ1) is 17.0. The van der Waals surface area contributed by atoms with Gasteiger partial charge in [-0.2, -0.15) is 0 Å².